The molecule has 122 valence electrons. The lowest BCUT2D eigenvalue weighted by atomic mass is 10.2. The van der Waals surface area contributed by atoms with Gasteiger partial charge in [-0.1, -0.05) is 12.1 Å². The number of carbonyl (C=O) groups excluding carboxylic acids is 1. The van der Waals surface area contributed by atoms with Crippen molar-refractivity contribution in [3.8, 4) is 0 Å². The third-order valence-electron chi connectivity index (χ3n) is 3.69. The molecule has 1 aliphatic heterocycles. The Morgan fingerprint density at radius 1 is 1.39 bits per heavy atom. The molecule has 0 aliphatic carbocycles. The zero-order valence-corrected chi connectivity index (χ0v) is 13.1. The van der Waals surface area contributed by atoms with E-state index in [0.29, 0.717) is 13.1 Å². The van der Waals surface area contributed by atoms with Crippen LogP contribution < -0.4 is 4.90 Å². The molecule has 2 unspecified atom stereocenters. The Morgan fingerprint density at radius 3 is 2.78 bits per heavy atom. The summed E-state index contributed by atoms with van der Waals surface area (Å²) in [5.41, 5.74) is 1.62. The van der Waals surface area contributed by atoms with Crippen molar-refractivity contribution in [2.24, 2.45) is 0 Å². The Kier molecular flexibility index (Phi) is 4.85. The van der Waals surface area contributed by atoms with Crippen molar-refractivity contribution in [3.05, 3.63) is 48.5 Å². The van der Waals surface area contributed by atoms with E-state index in [9.17, 15) is 9.00 Å². The molecule has 1 aliphatic rings. The number of hydrogen-bond acceptors (Lipinski definition) is 5. The van der Waals surface area contributed by atoms with E-state index >= 15 is 0 Å². The number of rotatable bonds is 6. The van der Waals surface area contributed by atoms with Crippen molar-refractivity contribution >= 4 is 23.1 Å². The molecule has 1 N–H and O–H groups in total. The van der Waals surface area contributed by atoms with Crippen LogP contribution in [-0.4, -0.2) is 43.5 Å². The van der Waals surface area contributed by atoms with Crippen LogP contribution in [-0.2, 0) is 32.9 Å². The smallest absolute Gasteiger partial charge is 0.187 e. The second kappa shape index (κ2) is 7.03. The lowest BCUT2D eigenvalue weighted by Crippen LogP contribution is -2.31. The van der Waals surface area contributed by atoms with Gasteiger partial charge in [0.1, 0.15) is 0 Å². The van der Waals surface area contributed by atoms with Gasteiger partial charge in [-0.3, -0.25) is 4.79 Å². The lowest BCUT2D eigenvalue weighted by molar-refractivity contribution is -0.117. The average molecular weight is 335 g/mol. The van der Waals surface area contributed by atoms with E-state index in [4.69, 9.17) is 9.29 Å². The van der Waals surface area contributed by atoms with Crippen LogP contribution in [0.15, 0.2) is 43.0 Å². The average Bonchev–Trinajstić information content (AvgIpc) is 3.17. The second-order valence-electron chi connectivity index (χ2n) is 5.33. The van der Waals surface area contributed by atoms with Gasteiger partial charge < -0.3 is 18.8 Å². The summed E-state index contributed by atoms with van der Waals surface area (Å²) in [4.78, 5) is 17.2. The molecule has 7 nitrogen and oxygen atoms in total. The minimum Gasteiger partial charge on any atom is -0.344 e. The molecule has 0 spiro atoms. The van der Waals surface area contributed by atoms with E-state index in [-0.39, 0.29) is 11.9 Å². The number of carbonyl (C=O) groups is 1. The lowest BCUT2D eigenvalue weighted by Gasteiger charge is -2.20. The third kappa shape index (κ3) is 3.84. The van der Waals surface area contributed by atoms with Gasteiger partial charge in [0, 0.05) is 24.6 Å². The van der Waals surface area contributed by atoms with Crippen LogP contribution in [0, 0.1) is 0 Å². The first-order valence-corrected chi connectivity index (χ1v) is 8.43. The first-order chi connectivity index (χ1) is 11.2. The van der Waals surface area contributed by atoms with Crippen LogP contribution in [0.1, 0.15) is 5.56 Å². The Balaban J connectivity index is 1.70. The molecule has 0 radical (unpaired) electrons. The van der Waals surface area contributed by atoms with Gasteiger partial charge in [0.2, 0.25) is 0 Å². The van der Waals surface area contributed by atoms with Gasteiger partial charge in [0.05, 0.1) is 24.7 Å². The summed E-state index contributed by atoms with van der Waals surface area (Å²) < 4.78 is 27.4. The molecule has 2 aromatic rings. The molecule has 0 bridgehead atoms. The van der Waals surface area contributed by atoms with Gasteiger partial charge in [-0.25, -0.2) is 9.19 Å². The highest BCUT2D eigenvalue weighted by Gasteiger charge is 2.32. The summed E-state index contributed by atoms with van der Waals surface area (Å²) in [6.45, 7) is 1.22. The van der Waals surface area contributed by atoms with Crippen LogP contribution >= 0.6 is 0 Å². The van der Waals surface area contributed by atoms with Crippen LogP contribution in [0.4, 0.5) is 5.69 Å². The highest BCUT2D eigenvalue weighted by molar-refractivity contribution is 7.78. The zero-order valence-electron chi connectivity index (χ0n) is 12.3. The minimum atomic E-state index is -1.86. The second-order valence-corrected chi connectivity index (χ2v) is 6.26. The zero-order chi connectivity index (χ0) is 16.2. The van der Waals surface area contributed by atoms with Crippen molar-refractivity contribution in [1.82, 2.24) is 9.55 Å². The molecule has 0 saturated carbocycles. The normalized spacial score (nSPS) is 22.2. The Morgan fingerprint density at radius 2 is 2.17 bits per heavy atom. The van der Waals surface area contributed by atoms with Gasteiger partial charge in [-0.05, 0) is 17.7 Å². The highest BCUT2D eigenvalue weighted by Crippen LogP contribution is 2.25. The maximum absolute atomic E-state index is 11.3. The summed E-state index contributed by atoms with van der Waals surface area (Å²) in [5, 5.41) is 0. The quantitative estimate of drug-likeness (QED) is 0.627. The maximum Gasteiger partial charge on any atom is 0.187 e. The predicted octanol–water partition coefficient (Wildman–Crippen LogP) is 1.04. The standard InChI is InChI=1S/C15H17N3O4S/c19-9-15-18(8-14(22-15)7-17-6-5-16-11-17)13-3-1-12(2-4-13)10-23(20)21/h1-6,9,11,14-15H,7-8,10H2,(H,20,21)/t14-,15?/m0/s1. The summed E-state index contributed by atoms with van der Waals surface area (Å²) >= 11 is -1.86. The SMILES string of the molecule is O=CC1O[C@@H](Cn2ccnc2)CN1c1ccc(CS(=O)O)cc1. The Labute approximate surface area is 136 Å². The number of imidazole rings is 1. The van der Waals surface area contributed by atoms with Crippen molar-refractivity contribution in [2.45, 2.75) is 24.6 Å². The first-order valence-electron chi connectivity index (χ1n) is 7.15. The molecule has 1 aromatic carbocycles. The van der Waals surface area contributed by atoms with Crippen LogP contribution in [0.2, 0.25) is 0 Å². The highest BCUT2D eigenvalue weighted by atomic mass is 32.2. The van der Waals surface area contributed by atoms with Gasteiger partial charge in [-0.15, -0.1) is 0 Å². The molecule has 1 fully saturated rings. The van der Waals surface area contributed by atoms with Crippen molar-refractivity contribution in [3.63, 3.8) is 0 Å². The fraction of sp³-hybridized carbons (Fsp3) is 0.333. The molecule has 0 amide bonds. The number of aldehydes is 1. The fourth-order valence-corrected chi connectivity index (χ4v) is 3.13. The van der Waals surface area contributed by atoms with E-state index in [0.717, 1.165) is 17.5 Å². The number of aromatic nitrogens is 2. The van der Waals surface area contributed by atoms with E-state index in [2.05, 4.69) is 4.98 Å². The summed E-state index contributed by atoms with van der Waals surface area (Å²) in [6.07, 6.45) is 5.32. The Bertz CT molecular complexity index is 675. The molecular weight excluding hydrogens is 318 g/mol. The minimum absolute atomic E-state index is 0.0944. The predicted molar refractivity (Wildman–Crippen MR) is 85.2 cm³/mol. The van der Waals surface area contributed by atoms with Crippen LogP contribution in [0.3, 0.4) is 0 Å². The molecule has 23 heavy (non-hydrogen) atoms. The van der Waals surface area contributed by atoms with Gasteiger partial charge >= 0.3 is 0 Å². The molecular formula is C15H17N3O4S. The third-order valence-corrected chi connectivity index (χ3v) is 4.27. The maximum atomic E-state index is 11.3. The van der Waals surface area contributed by atoms with Crippen molar-refractivity contribution in [2.75, 3.05) is 11.4 Å². The van der Waals surface area contributed by atoms with Gasteiger partial charge in [0.25, 0.3) is 0 Å². The van der Waals surface area contributed by atoms with E-state index in [1.54, 1.807) is 24.7 Å². The summed E-state index contributed by atoms with van der Waals surface area (Å²) in [5.74, 6) is 0.0944. The molecule has 8 heteroatoms. The summed E-state index contributed by atoms with van der Waals surface area (Å²) in [6, 6.07) is 7.24. The number of benzene rings is 1. The van der Waals surface area contributed by atoms with E-state index in [1.165, 1.54) is 0 Å². The van der Waals surface area contributed by atoms with Crippen LogP contribution in [0.25, 0.3) is 0 Å². The number of anilines is 1. The molecule has 3 rings (SSSR count). The number of hydrogen-bond donors (Lipinski definition) is 1. The monoisotopic (exact) mass is 335 g/mol. The van der Waals surface area contributed by atoms with E-state index < -0.39 is 17.3 Å². The number of nitrogens with zero attached hydrogens (tertiary/aromatic N) is 3. The topological polar surface area (TPSA) is 84.7 Å². The van der Waals surface area contributed by atoms with Crippen molar-refractivity contribution in [1.29, 1.82) is 0 Å². The van der Waals surface area contributed by atoms with Crippen molar-refractivity contribution < 1.29 is 18.3 Å². The van der Waals surface area contributed by atoms with Crippen LogP contribution in [0.5, 0.6) is 0 Å². The molecule has 1 saturated heterocycles. The van der Waals surface area contributed by atoms with E-state index in [1.807, 2.05) is 27.8 Å². The largest absolute Gasteiger partial charge is 0.344 e. The molecule has 2 heterocycles. The first kappa shape index (κ1) is 15.9. The van der Waals surface area contributed by atoms with Gasteiger partial charge in [-0.2, -0.15) is 0 Å². The Hall–Kier alpha value is -2.03. The molecule has 1 aromatic heterocycles. The fourth-order valence-electron chi connectivity index (χ4n) is 2.65. The number of ether oxygens (including phenoxy) is 1. The summed E-state index contributed by atoms with van der Waals surface area (Å²) in [7, 11) is 0. The van der Waals surface area contributed by atoms with Gasteiger partial charge in [0.15, 0.2) is 23.6 Å². The molecule has 3 atom stereocenters.